The maximum atomic E-state index is 10.7. The van der Waals surface area contributed by atoms with Crippen molar-refractivity contribution in [3.05, 3.63) is 59.7 Å². The van der Waals surface area contributed by atoms with Crippen LogP contribution in [-0.2, 0) is 11.2 Å². The third-order valence-corrected chi connectivity index (χ3v) is 3.07. The number of rotatable bonds is 4. The Balaban J connectivity index is 2.29. The summed E-state index contributed by atoms with van der Waals surface area (Å²) in [5, 5.41) is 20.7. The van der Waals surface area contributed by atoms with Crippen LogP contribution in [0.15, 0.2) is 53.7 Å². The molecule has 0 heterocycles. The van der Waals surface area contributed by atoms with Gasteiger partial charge < -0.3 is 10.3 Å². The molecule has 0 aliphatic carbocycles. The molecular formula is C16H15NO3. The number of aliphatic carboxylic acids is 1. The first-order valence-electron chi connectivity index (χ1n) is 6.20. The summed E-state index contributed by atoms with van der Waals surface area (Å²) >= 11 is 0. The summed E-state index contributed by atoms with van der Waals surface area (Å²) < 4.78 is 0. The predicted molar refractivity (Wildman–Crippen MR) is 77.2 cm³/mol. The van der Waals surface area contributed by atoms with E-state index in [2.05, 4.69) is 5.16 Å². The van der Waals surface area contributed by atoms with E-state index in [1.807, 2.05) is 42.5 Å². The summed E-state index contributed by atoms with van der Waals surface area (Å²) in [4.78, 5) is 10.7. The second-order valence-corrected chi connectivity index (χ2v) is 4.53. The summed E-state index contributed by atoms with van der Waals surface area (Å²) in [5.74, 6) is -0.840. The van der Waals surface area contributed by atoms with E-state index in [0.29, 0.717) is 5.71 Å². The quantitative estimate of drug-likeness (QED) is 0.509. The molecule has 2 rings (SSSR count). The molecule has 2 aromatic carbocycles. The van der Waals surface area contributed by atoms with Gasteiger partial charge in [-0.2, -0.15) is 0 Å². The van der Waals surface area contributed by atoms with Gasteiger partial charge in [0.25, 0.3) is 0 Å². The van der Waals surface area contributed by atoms with Crippen molar-refractivity contribution in [2.45, 2.75) is 13.3 Å². The minimum atomic E-state index is -0.840. The van der Waals surface area contributed by atoms with Gasteiger partial charge in [0, 0.05) is 0 Å². The van der Waals surface area contributed by atoms with Gasteiger partial charge in [-0.15, -0.1) is 0 Å². The Bertz CT molecular complexity index is 645. The number of hydrogen-bond donors (Lipinski definition) is 2. The lowest BCUT2D eigenvalue weighted by Crippen LogP contribution is -1.99. The summed E-state index contributed by atoms with van der Waals surface area (Å²) in [7, 11) is 0. The van der Waals surface area contributed by atoms with Crippen molar-refractivity contribution in [2.75, 3.05) is 0 Å². The number of hydrogen-bond acceptors (Lipinski definition) is 3. The number of nitrogens with zero attached hydrogens (tertiary/aromatic N) is 1. The van der Waals surface area contributed by atoms with Crippen LogP contribution >= 0.6 is 0 Å². The highest BCUT2D eigenvalue weighted by atomic mass is 16.4. The molecule has 2 N–H and O–H groups in total. The second-order valence-electron chi connectivity index (χ2n) is 4.53. The molecule has 0 fully saturated rings. The number of carboxylic acid groups (broad SMARTS) is 1. The van der Waals surface area contributed by atoms with Crippen LogP contribution in [0.1, 0.15) is 18.1 Å². The Morgan fingerprint density at radius 2 is 1.80 bits per heavy atom. The van der Waals surface area contributed by atoms with Crippen LogP contribution in [0.3, 0.4) is 0 Å². The number of carbonyl (C=O) groups is 1. The summed E-state index contributed by atoms with van der Waals surface area (Å²) in [6.07, 6.45) is 0.0161. The van der Waals surface area contributed by atoms with Crippen molar-refractivity contribution >= 4 is 11.7 Å². The molecule has 2 aromatic rings. The van der Waals surface area contributed by atoms with Gasteiger partial charge in [-0.1, -0.05) is 53.7 Å². The minimum absolute atomic E-state index is 0.0161. The molecule has 4 heteroatoms. The first kappa shape index (κ1) is 13.8. The molecule has 0 saturated carbocycles. The third kappa shape index (κ3) is 3.23. The maximum absolute atomic E-state index is 10.7. The van der Waals surface area contributed by atoms with Gasteiger partial charge in [0.2, 0.25) is 0 Å². The van der Waals surface area contributed by atoms with E-state index in [1.165, 1.54) is 0 Å². The molecular weight excluding hydrogens is 254 g/mol. The van der Waals surface area contributed by atoms with Crippen LogP contribution in [0.2, 0.25) is 0 Å². The SMILES string of the molecule is C/C(=N\O)c1ccc(-c2cccc(CC(=O)O)c2)cc1. The van der Waals surface area contributed by atoms with Crippen LogP contribution in [0.5, 0.6) is 0 Å². The first-order chi connectivity index (χ1) is 9.60. The van der Waals surface area contributed by atoms with Gasteiger partial charge in [0.15, 0.2) is 0 Å². The fourth-order valence-electron chi connectivity index (χ4n) is 2.00. The van der Waals surface area contributed by atoms with Gasteiger partial charge in [0.05, 0.1) is 12.1 Å². The van der Waals surface area contributed by atoms with E-state index >= 15 is 0 Å². The van der Waals surface area contributed by atoms with Crippen molar-refractivity contribution in [3.8, 4) is 11.1 Å². The summed E-state index contributed by atoms with van der Waals surface area (Å²) in [5.41, 5.74) is 4.13. The molecule has 0 aliphatic rings. The molecule has 0 aromatic heterocycles. The van der Waals surface area contributed by atoms with Crippen molar-refractivity contribution in [1.29, 1.82) is 0 Å². The topological polar surface area (TPSA) is 69.9 Å². The third-order valence-electron chi connectivity index (χ3n) is 3.07. The maximum Gasteiger partial charge on any atom is 0.307 e. The molecule has 0 spiro atoms. The van der Waals surface area contributed by atoms with Gasteiger partial charge in [-0.25, -0.2) is 0 Å². The molecule has 0 saturated heterocycles. The van der Waals surface area contributed by atoms with Crippen LogP contribution in [0.25, 0.3) is 11.1 Å². The van der Waals surface area contributed by atoms with Crippen LogP contribution in [-0.4, -0.2) is 22.0 Å². The van der Waals surface area contributed by atoms with Crippen molar-refractivity contribution < 1.29 is 15.1 Å². The van der Waals surface area contributed by atoms with Gasteiger partial charge in [0.1, 0.15) is 0 Å². The Hall–Kier alpha value is -2.62. The van der Waals surface area contributed by atoms with E-state index in [0.717, 1.165) is 22.3 Å². The van der Waals surface area contributed by atoms with E-state index in [-0.39, 0.29) is 6.42 Å². The molecule has 0 unspecified atom stereocenters. The lowest BCUT2D eigenvalue weighted by Gasteiger charge is -2.05. The highest BCUT2D eigenvalue weighted by molar-refractivity contribution is 5.98. The van der Waals surface area contributed by atoms with Gasteiger partial charge >= 0.3 is 5.97 Å². The van der Waals surface area contributed by atoms with Gasteiger partial charge in [-0.3, -0.25) is 4.79 Å². The Morgan fingerprint density at radius 3 is 2.40 bits per heavy atom. The molecule has 20 heavy (non-hydrogen) atoms. The predicted octanol–water partition coefficient (Wildman–Crippen LogP) is 3.18. The zero-order chi connectivity index (χ0) is 14.5. The fourth-order valence-corrected chi connectivity index (χ4v) is 2.00. The van der Waals surface area contributed by atoms with Crippen LogP contribution in [0, 0.1) is 0 Å². The van der Waals surface area contributed by atoms with Crippen molar-refractivity contribution in [2.24, 2.45) is 5.16 Å². The van der Waals surface area contributed by atoms with Crippen molar-refractivity contribution in [3.63, 3.8) is 0 Å². The highest BCUT2D eigenvalue weighted by Gasteiger charge is 2.04. The Morgan fingerprint density at radius 1 is 1.10 bits per heavy atom. The summed E-state index contributed by atoms with van der Waals surface area (Å²) in [6.45, 7) is 1.72. The highest BCUT2D eigenvalue weighted by Crippen LogP contribution is 2.21. The number of oxime groups is 1. The van der Waals surface area contributed by atoms with E-state index in [1.54, 1.807) is 13.0 Å². The normalized spacial score (nSPS) is 11.3. The molecule has 0 amide bonds. The number of benzene rings is 2. The van der Waals surface area contributed by atoms with E-state index in [4.69, 9.17) is 10.3 Å². The lowest BCUT2D eigenvalue weighted by molar-refractivity contribution is -0.136. The molecule has 0 radical (unpaired) electrons. The molecule has 4 nitrogen and oxygen atoms in total. The van der Waals surface area contributed by atoms with Gasteiger partial charge in [-0.05, 0) is 29.2 Å². The van der Waals surface area contributed by atoms with E-state index < -0.39 is 5.97 Å². The minimum Gasteiger partial charge on any atom is -0.481 e. The monoisotopic (exact) mass is 269 g/mol. The fraction of sp³-hybridized carbons (Fsp3) is 0.125. The largest absolute Gasteiger partial charge is 0.481 e. The molecule has 0 aliphatic heterocycles. The Labute approximate surface area is 117 Å². The molecule has 0 atom stereocenters. The zero-order valence-electron chi connectivity index (χ0n) is 11.1. The van der Waals surface area contributed by atoms with E-state index in [9.17, 15) is 4.79 Å². The van der Waals surface area contributed by atoms with Crippen LogP contribution < -0.4 is 0 Å². The smallest absolute Gasteiger partial charge is 0.307 e. The standard InChI is InChI=1S/C16H15NO3/c1-11(17-20)13-5-7-14(8-6-13)15-4-2-3-12(9-15)10-16(18)19/h2-9,20H,10H2,1H3,(H,18,19)/b17-11+. The van der Waals surface area contributed by atoms with Crippen LogP contribution in [0.4, 0.5) is 0 Å². The molecule has 0 bridgehead atoms. The second kappa shape index (κ2) is 6.02. The average molecular weight is 269 g/mol. The lowest BCUT2D eigenvalue weighted by atomic mass is 10.00. The zero-order valence-corrected chi connectivity index (χ0v) is 11.1. The van der Waals surface area contributed by atoms with Crippen molar-refractivity contribution in [1.82, 2.24) is 0 Å². The first-order valence-corrected chi connectivity index (χ1v) is 6.20. The Kier molecular flexibility index (Phi) is 4.15. The molecule has 102 valence electrons. The number of carboxylic acids is 1. The summed E-state index contributed by atoms with van der Waals surface area (Å²) in [6, 6.07) is 15.0. The average Bonchev–Trinajstić information content (AvgIpc) is 2.46.